The van der Waals surface area contributed by atoms with E-state index >= 15 is 0 Å². The Morgan fingerprint density at radius 3 is 1.89 bits per heavy atom. The van der Waals surface area contributed by atoms with Crippen LogP contribution in [0.25, 0.3) is 0 Å². The predicted octanol–water partition coefficient (Wildman–Crippen LogP) is -0.897. The number of rotatable bonds is 3. The van der Waals surface area contributed by atoms with E-state index in [4.69, 9.17) is 0 Å². The topological polar surface area (TPSA) is 57.2 Å². The summed E-state index contributed by atoms with van der Waals surface area (Å²) in [6, 6.07) is 0. The fourth-order valence-corrected chi connectivity index (χ4v) is 0.278. The third kappa shape index (κ3) is 11.3. The van der Waals surface area contributed by atoms with Gasteiger partial charge in [0.2, 0.25) is 0 Å². The second-order valence-electron chi connectivity index (χ2n) is 1.57. The van der Waals surface area contributed by atoms with Crippen LogP contribution in [0.15, 0.2) is 0 Å². The van der Waals surface area contributed by atoms with E-state index < -0.39 is 5.97 Å². The van der Waals surface area contributed by atoms with E-state index in [1.54, 1.807) is 0 Å². The molecule has 3 nitrogen and oxygen atoms in total. The van der Waals surface area contributed by atoms with Crippen LogP contribution in [0, 0.1) is 0 Å². The van der Waals surface area contributed by atoms with Crippen molar-refractivity contribution in [3.8, 4) is 0 Å². The van der Waals surface area contributed by atoms with E-state index in [9.17, 15) is 14.7 Å². The zero-order valence-electron chi connectivity index (χ0n) is 4.96. The summed E-state index contributed by atoms with van der Waals surface area (Å²) in [4.78, 5) is 19.7. The molecule has 0 fully saturated rings. The summed E-state index contributed by atoms with van der Waals surface area (Å²) < 4.78 is 0. The number of carbonyl (C=O) groups is 2. The molecule has 54 valence electrons. The summed E-state index contributed by atoms with van der Waals surface area (Å²) in [5.74, 6) is -1.28. The summed E-state index contributed by atoms with van der Waals surface area (Å²) in [5.41, 5.74) is 0. The molecule has 0 rings (SSSR count). The number of carbonyl (C=O) groups excluding carboxylic acids is 2. The Morgan fingerprint density at radius 1 is 1.33 bits per heavy atom. The molecule has 9 heavy (non-hydrogen) atoms. The van der Waals surface area contributed by atoms with Crippen LogP contribution in [0.5, 0.6) is 0 Å². The first kappa shape index (κ1) is 11.4. The number of aliphatic carboxylic acids is 1. The minimum atomic E-state index is -1.17. The Kier molecular flexibility index (Phi) is 7.32. The van der Waals surface area contributed by atoms with Crippen molar-refractivity contribution < 1.29 is 31.2 Å². The Bertz CT molecular complexity index is 96.8. The molecule has 0 bridgehead atoms. The van der Waals surface area contributed by atoms with E-state index in [-0.39, 0.29) is 35.1 Å². The Hall–Kier alpha value is -0.366. The Labute approximate surface area is 63.4 Å². The van der Waals surface area contributed by atoms with Gasteiger partial charge in [0.05, 0.1) is 0 Å². The van der Waals surface area contributed by atoms with E-state index in [1.807, 2.05) is 0 Å². The van der Waals surface area contributed by atoms with Crippen LogP contribution in [-0.2, 0) is 26.1 Å². The van der Waals surface area contributed by atoms with Gasteiger partial charge in [-0.15, -0.1) is 0 Å². The molecule has 4 heteroatoms. The third-order valence-electron chi connectivity index (χ3n) is 0.681. The standard InChI is InChI=1S/C5H8O3.Ni/c1-4(6)2-3-5(7)8;/h2-3H2,1H3,(H,7,8);/q;+2/p-1. The maximum atomic E-state index is 10.1. The molecular weight excluding hydrogens is 167 g/mol. The molecule has 0 atom stereocenters. The van der Waals surface area contributed by atoms with Crippen LogP contribution in [0.3, 0.4) is 0 Å². The average molecular weight is 174 g/mol. The fraction of sp³-hybridized carbons (Fsp3) is 0.600. The third-order valence-corrected chi connectivity index (χ3v) is 0.681. The van der Waals surface area contributed by atoms with Crippen molar-refractivity contribution in [1.82, 2.24) is 0 Å². The molecule has 0 unspecified atom stereocenters. The first-order valence-corrected chi connectivity index (χ1v) is 2.32. The van der Waals surface area contributed by atoms with E-state index in [2.05, 4.69) is 0 Å². The van der Waals surface area contributed by atoms with Crippen molar-refractivity contribution >= 4 is 11.8 Å². The van der Waals surface area contributed by atoms with E-state index in [0.717, 1.165) is 0 Å². The van der Waals surface area contributed by atoms with Gasteiger partial charge in [-0.25, -0.2) is 0 Å². The molecule has 0 aromatic heterocycles. The quantitative estimate of drug-likeness (QED) is 0.521. The van der Waals surface area contributed by atoms with Gasteiger partial charge in [-0.05, 0) is 13.3 Å². The number of ketones is 1. The van der Waals surface area contributed by atoms with Gasteiger partial charge in [0.25, 0.3) is 0 Å². The summed E-state index contributed by atoms with van der Waals surface area (Å²) in [6.45, 7) is 1.35. The van der Waals surface area contributed by atoms with Crippen molar-refractivity contribution in [3.05, 3.63) is 0 Å². The summed E-state index contributed by atoms with van der Waals surface area (Å²) >= 11 is 0. The first-order chi connectivity index (χ1) is 3.63. The summed E-state index contributed by atoms with van der Waals surface area (Å²) in [5, 5.41) is 9.64. The van der Waals surface area contributed by atoms with Crippen LogP contribution in [0.1, 0.15) is 19.8 Å². The smallest absolute Gasteiger partial charge is 0.550 e. The second-order valence-corrected chi connectivity index (χ2v) is 1.57. The van der Waals surface area contributed by atoms with Crippen LogP contribution >= 0.6 is 0 Å². The average Bonchev–Trinajstić information content (AvgIpc) is 1.61. The van der Waals surface area contributed by atoms with Gasteiger partial charge in [0.1, 0.15) is 5.78 Å². The van der Waals surface area contributed by atoms with Crippen molar-refractivity contribution in [2.24, 2.45) is 0 Å². The first-order valence-electron chi connectivity index (χ1n) is 2.32. The van der Waals surface area contributed by atoms with Crippen LogP contribution in [0.4, 0.5) is 0 Å². The largest absolute Gasteiger partial charge is 2.00 e. The monoisotopic (exact) mass is 173 g/mol. The maximum absolute atomic E-state index is 10.1. The number of carboxylic acids is 1. The maximum Gasteiger partial charge on any atom is 2.00 e. The van der Waals surface area contributed by atoms with Crippen molar-refractivity contribution in [2.75, 3.05) is 0 Å². The van der Waals surface area contributed by atoms with Crippen molar-refractivity contribution in [2.45, 2.75) is 19.8 Å². The zero-order chi connectivity index (χ0) is 6.57. The van der Waals surface area contributed by atoms with Gasteiger partial charge >= 0.3 is 16.5 Å². The minimum Gasteiger partial charge on any atom is -0.550 e. The van der Waals surface area contributed by atoms with Gasteiger partial charge in [0, 0.05) is 12.4 Å². The molecule has 0 aromatic rings. The van der Waals surface area contributed by atoms with Gasteiger partial charge in [-0.3, -0.25) is 0 Å². The van der Waals surface area contributed by atoms with E-state index in [0.29, 0.717) is 0 Å². The van der Waals surface area contributed by atoms with Gasteiger partial charge in [-0.2, -0.15) is 0 Å². The molecule has 0 aliphatic carbocycles. The summed E-state index contributed by atoms with van der Waals surface area (Å²) in [7, 11) is 0. The normalized spacial score (nSPS) is 7.67. The molecule has 0 aromatic carbocycles. The van der Waals surface area contributed by atoms with Gasteiger partial charge < -0.3 is 14.7 Å². The number of hydrogen-bond acceptors (Lipinski definition) is 3. The van der Waals surface area contributed by atoms with E-state index in [1.165, 1.54) is 6.92 Å². The SMILES string of the molecule is CC(=O)CCC(=O)[O-].[Ni+2]. The van der Waals surface area contributed by atoms with Gasteiger partial charge in [0.15, 0.2) is 0 Å². The van der Waals surface area contributed by atoms with Gasteiger partial charge in [-0.1, -0.05) is 0 Å². The van der Waals surface area contributed by atoms with Crippen LogP contribution < -0.4 is 5.11 Å². The molecule has 0 spiro atoms. The Morgan fingerprint density at radius 2 is 1.78 bits per heavy atom. The minimum absolute atomic E-state index is 0. The Balaban J connectivity index is 0. The molecule has 0 aliphatic heterocycles. The number of carboxylic acid groups (broad SMARTS) is 1. The fourth-order valence-electron chi connectivity index (χ4n) is 0.278. The zero-order valence-corrected chi connectivity index (χ0v) is 5.94. The molecule has 0 heterocycles. The molecule has 0 radical (unpaired) electrons. The molecule has 0 N–H and O–H groups in total. The molecule has 0 amide bonds. The molecular formula is C5H7NiO3+. The summed E-state index contributed by atoms with van der Waals surface area (Å²) in [6.07, 6.45) is -0.0718. The van der Waals surface area contributed by atoms with Crippen molar-refractivity contribution in [1.29, 1.82) is 0 Å². The molecule has 0 saturated heterocycles. The number of Topliss-reactive ketones (excluding diaryl/α,β-unsaturated/α-hetero) is 1. The predicted molar refractivity (Wildman–Crippen MR) is 24.9 cm³/mol. The molecule has 0 saturated carbocycles. The van der Waals surface area contributed by atoms with Crippen LogP contribution in [0.2, 0.25) is 0 Å². The van der Waals surface area contributed by atoms with Crippen molar-refractivity contribution in [3.63, 3.8) is 0 Å². The van der Waals surface area contributed by atoms with Crippen LogP contribution in [-0.4, -0.2) is 11.8 Å². The second kappa shape index (κ2) is 5.76. The molecule has 0 aliphatic rings. The number of hydrogen-bond donors (Lipinski definition) is 0.